The third-order valence-corrected chi connectivity index (χ3v) is 10.0. The lowest BCUT2D eigenvalue weighted by Crippen LogP contribution is -2.50. The van der Waals surface area contributed by atoms with Crippen molar-refractivity contribution in [2.24, 2.45) is 5.92 Å². The van der Waals surface area contributed by atoms with Gasteiger partial charge in [-0.25, -0.2) is 18.2 Å². The first-order valence-electron chi connectivity index (χ1n) is 14.1. The summed E-state index contributed by atoms with van der Waals surface area (Å²) in [5.74, 6) is -0.0233. The number of fused-ring (bicyclic) bond motifs is 1. The van der Waals surface area contributed by atoms with Gasteiger partial charge in [-0.3, -0.25) is 4.90 Å². The first-order valence-corrected chi connectivity index (χ1v) is 16.4. The van der Waals surface area contributed by atoms with Crippen LogP contribution in [0, 0.1) is 5.92 Å². The Morgan fingerprint density at radius 3 is 2.67 bits per heavy atom. The van der Waals surface area contributed by atoms with Gasteiger partial charge < -0.3 is 25.6 Å². The lowest BCUT2D eigenvalue weighted by atomic mass is 10.0. The van der Waals surface area contributed by atoms with Crippen LogP contribution < -0.4 is 10.6 Å². The highest BCUT2D eigenvalue weighted by Gasteiger charge is 2.32. The molecule has 2 heterocycles. The zero-order valence-corrected chi connectivity index (χ0v) is 25.9. The summed E-state index contributed by atoms with van der Waals surface area (Å²) in [5, 5.41) is 27.1. The second kappa shape index (κ2) is 14.6. The van der Waals surface area contributed by atoms with Gasteiger partial charge in [0.1, 0.15) is 0 Å². The van der Waals surface area contributed by atoms with Gasteiger partial charge in [-0.05, 0) is 42.5 Å². The largest absolute Gasteiger partial charge is 0.465 e. The zero-order valence-electron chi connectivity index (χ0n) is 24.3. The Morgan fingerprint density at radius 2 is 1.98 bits per heavy atom. The number of carboxylic acid groups (broad SMARTS) is 1. The predicted octanol–water partition coefficient (Wildman–Crippen LogP) is 3.32. The molecule has 1 aliphatic heterocycles. The number of hydrogen-bond acceptors (Lipinski definition) is 9. The number of aliphatic hydroxyl groups excluding tert-OH is 1. The minimum absolute atomic E-state index is 0.0233. The molecule has 230 valence electrons. The quantitative estimate of drug-likeness (QED) is 0.201. The van der Waals surface area contributed by atoms with E-state index in [0.29, 0.717) is 12.1 Å². The minimum Gasteiger partial charge on any atom is -0.465 e. The molecule has 0 spiro atoms. The van der Waals surface area contributed by atoms with E-state index in [9.17, 15) is 23.4 Å². The van der Waals surface area contributed by atoms with Crippen molar-refractivity contribution in [2.45, 2.75) is 49.8 Å². The number of anilines is 1. The van der Waals surface area contributed by atoms with Crippen LogP contribution >= 0.6 is 11.3 Å². The Hall–Kier alpha value is -2.81. The van der Waals surface area contributed by atoms with Gasteiger partial charge in [0.25, 0.3) is 0 Å². The third kappa shape index (κ3) is 8.62. The normalized spacial score (nSPS) is 17.6. The lowest BCUT2D eigenvalue weighted by molar-refractivity contribution is 0.0980. The standard InChI is InChI=1S/C29H41N5O6S2/c1-20(2)17-34(19-26(35)25(32-29(36)37)15-21-7-5-4-6-8-21)42(38,39)23-9-10-24-27(16-23)41-28(31-24)30-22-11-12-33(18-22)13-14-40-3/h4-10,16,20,22,25-26,32,35H,11-15,17-19H2,1-3H3,(H,30,31)(H,36,37). The number of carbonyl (C=O) groups is 1. The van der Waals surface area contributed by atoms with Gasteiger partial charge in [0.05, 0.1) is 33.9 Å². The summed E-state index contributed by atoms with van der Waals surface area (Å²) in [6, 6.07) is 13.4. The molecule has 4 rings (SSSR count). The van der Waals surface area contributed by atoms with Crippen LogP contribution in [0.2, 0.25) is 0 Å². The van der Waals surface area contributed by atoms with Crippen LogP contribution in [0.1, 0.15) is 25.8 Å². The molecule has 3 unspecified atom stereocenters. The van der Waals surface area contributed by atoms with Crippen LogP contribution in [0.4, 0.5) is 9.93 Å². The van der Waals surface area contributed by atoms with Crippen molar-refractivity contribution >= 4 is 42.8 Å². The maximum absolute atomic E-state index is 13.9. The summed E-state index contributed by atoms with van der Waals surface area (Å²) in [6.45, 7) is 7.17. The van der Waals surface area contributed by atoms with E-state index in [2.05, 4.69) is 20.5 Å². The fourth-order valence-corrected chi connectivity index (χ4v) is 7.85. The number of nitrogens with one attached hydrogen (secondary N) is 2. The Balaban J connectivity index is 1.51. The van der Waals surface area contributed by atoms with Gasteiger partial charge in [0.2, 0.25) is 10.0 Å². The molecule has 11 nitrogen and oxygen atoms in total. The molecule has 0 radical (unpaired) electrons. The van der Waals surface area contributed by atoms with Gasteiger partial charge in [0, 0.05) is 45.9 Å². The lowest BCUT2D eigenvalue weighted by Gasteiger charge is -2.30. The van der Waals surface area contributed by atoms with E-state index >= 15 is 0 Å². The minimum atomic E-state index is -4.01. The number of thiazole rings is 1. The number of aromatic nitrogens is 1. The van der Waals surface area contributed by atoms with Gasteiger partial charge in [-0.1, -0.05) is 55.5 Å². The van der Waals surface area contributed by atoms with Crippen molar-refractivity contribution < 1.29 is 28.2 Å². The predicted molar refractivity (Wildman–Crippen MR) is 165 cm³/mol. The third-order valence-electron chi connectivity index (χ3n) is 7.24. The van der Waals surface area contributed by atoms with Gasteiger partial charge in [-0.15, -0.1) is 0 Å². The van der Waals surface area contributed by atoms with Crippen LogP contribution in [0.3, 0.4) is 0 Å². The molecule has 0 bridgehead atoms. The average Bonchev–Trinajstić information content (AvgIpc) is 3.56. The Labute approximate surface area is 251 Å². The molecule has 0 saturated carbocycles. The summed E-state index contributed by atoms with van der Waals surface area (Å²) >= 11 is 1.41. The van der Waals surface area contributed by atoms with E-state index in [-0.39, 0.29) is 36.4 Å². The molecule has 42 heavy (non-hydrogen) atoms. The Bertz CT molecular complexity index is 1420. The van der Waals surface area contributed by atoms with E-state index < -0.39 is 28.3 Å². The maximum Gasteiger partial charge on any atom is 0.404 e. The number of ether oxygens (including phenoxy) is 1. The zero-order chi connectivity index (χ0) is 30.3. The molecule has 3 aromatic rings. The van der Waals surface area contributed by atoms with E-state index in [1.54, 1.807) is 25.3 Å². The number of hydrogen-bond donors (Lipinski definition) is 4. The van der Waals surface area contributed by atoms with Crippen molar-refractivity contribution in [3.8, 4) is 0 Å². The molecule has 1 aromatic heterocycles. The number of methoxy groups -OCH3 is 1. The molecule has 1 fully saturated rings. The van der Waals surface area contributed by atoms with Crippen molar-refractivity contribution in [3.05, 3.63) is 54.1 Å². The second-order valence-corrected chi connectivity index (χ2v) is 14.1. The summed E-state index contributed by atoms with van der Waals surface area (Å²) in [4.78, 5) is 18.6. The molecule has 2 aromatic carbocycles. The highest BCUT2D eigenvalue weighted by Crippen LogP contribution is 2.31. The van der Waals surface area contributed by atoms with Gasteiger partial charge >= 0.3 is 6.09 Å². The van der Waals surface area contributed by atoms with Crippen molar-refractivity contribution in [2.75, 3.05) is 51.8 Å². The highest BCUT2D eigenvalue weighted by atomic mass is 32.2. The van der Waals surface area contributed by atoms with Crippen LogP contribution in [-0.2, 0) is 21.2 Å². The van der Waals surface area contributed by atoms with Crippen molar-refractivity contribution in [3.63, 3.8) is 0 Å². The van der Waals surface area contributed by atoms with Gasteiger partial charge in [0.15, 0.2) is 5.13 Å². The molecule has 13 heteroatoms. The SMILES string of the molecule is COCCN1CCC(Nc2nc3ccc(S(=O)(=O)N(CC(C)C)CC(O)C(Cc4ccccc4)NC(=O)O)cc3s2)C1. The molecular weight excluding hydrogens is 578 g/mol. The molecule has 1 amide bonds. The summed E-state index contributed by atoms with van der Waals surface area (Å²) < 4.78 is 34.9. The average molecular weight is 620 g/mol. The monoisotopic (exact) mass is 619 g/mol. The first kappa shape index (κ1) is 32.1. The second-order valence-electron chi connectivity index (χ2n) is 11.1. The topological polar surface area (TPSA) is 144 Å². The van der Waals surface area contributed by atoms with E-state index in [4.69, 9.17) is 4.74 Å². The summed E-state index contributed by atoms with van der Waals surface area (Å²) in [7, 11) is -2.31. The number of likely N-dealkylation sites (tertiary alicyclic amines) is 1. The Kier molecular flexibility index (Phi) is 11.1. The summed E-state index contributed by atoms with van der Waals surface area (Å²) in [6.07, 6.45) is -1.34. The molecule has 0 aliphatic carbocycles. The number of sulfonamides is 1. The van der Waals surface area contributed by atoms with Crippen LogP contribution in [0.5, 0.6) is 0 Å². The maximum atomic E-state index is 13.9. The van der Waals surface area contributed by atoms with Gasteiger partial charge in [-0.2, -0.15) is 4.31 Å². The number of rotatable bonds is 15. The summed E-state index contributed by atoms with van der Waals surface area (Å²) in [5.41, 5.74) is 1.54. The van der Waals surface area contributed by atoms with Crippen LogP contribution in [0.15, 0.2) is 53.4 Å². The van der Waals surface area contributed by atoms with Crippen LogP contribution in [-0.4, -0.2) is 104 Å². The fraction of sp³-hybridized carbons (Fsp3) is 0.517. The molecular formula is C29H41N5O6S2. The van der Waals surface area contributed by atoms with E-state index in [1.165, 1.54) is 15.6 Å². The van der Waals surface area contributed by atoms with E-state index in [0.717, 1.165) is 41.5 Å². The van der Waals surface area contributed by atoms with Crippen LogP contribution in [0.25, 0.3) is 10.2 Å². The number of benzene rings is 2. The number of amides is 1. The fourth-order valence-electron chi connectivity index (χ4n) is 5.15. The highest BCUT2D eigenvalue weighted by molar-refractivity contribution is 7.89. The molecule has 4 N–H and O–H groups in total. The smallest absolute Gasteiger partial charge is 0.404 e. The number of aliphatic hydroxyl groups is 1. The van der Waals surface area contributed by atoms with Crippen molar-refractivity contribution in [1.29, 1.82) is 0 Å². The molecule has 1 saturated heterocycles. The van der Waals surface area contributed by atoms with Crippen molar-refractivity contribution in [1.82, 2.24) is 19.5 Å². The first-order chi connectivity index (χ1) is 20.0. The number of nitrogens with zero attached hydrogens (tertiary/aromatic N) is 3. The Morgan fingerprint density at radius 1 is 1.21 bits per heavy atom. The van der Waals surface area contributed by atoms with E-state index in [1.807, 2.05) is 44.2 Å². The molecule has 3 atom stereocenters. The molecule has 1 aliphatic rings.